The van der Waals surface area contributed by atoms with Crippen LogP contribution in [-0.4, -0.2) is 22.7 Å². The van der Waals surface area contributed by atoms with E-state index < -0.39 is 0 Å². The van der Waals surface area contributed by atoms with Gasteiger partial charge in [-0.3, -0.25) is 0 Å². The Balaban J connectivity index is 2.68. The zero-order valence-electron chi connectivity index (χ0n) is 13.6. The Bertz CT molecular complexity index is 802. The minimum Gasteiger partial charge on any atom is -0.490 e. The van der Waals surface area contributed by atoms with E-state index in [0.29, 0.717) is 28.7 Å². The van der Waals surface area contributed by atoms with Gasteiger partial charge in [0.2, 0.25) is 5.95 Å². The fraction of sp³-hybridized carbons (Fsp3) is 0.312. The van der Waals surface area contributed by atoms with Crippen LogP contribution in [0.2, 0.25) is 5.02 Å². The predicted molar refractivity (Wildman–Crippen MR) is 93.0 cm³/mol. The van der Waals surface area contributed by atoms with E-state index in [-0.39, 0.29) is 29.1 Å². The lowest BCUT2D eigenvalue weighted by Crippen LogP contribution is -2.08. The molecule has 7 nitrogen and oxygen atoms in total. The Morgan fingerprint density at radius 1 is 1.25 bits per heavy atom. The summed E-state index contributed by atoms with van der Waals surface area (Å²) in [7, 11) is 0. The largest absolute Gasteiger partial charge is 0.490 e. The topological polar surface area (TPSA) is 120 Å². The van der Waals surface area contributed by atoms with Gasteiger partial charge in [0.1, 0.15) is 17.5 Å². The molecule has 0 spiro atoms. The second-order valence-electron chi connectivity index (χ2n) is 5.18. The zero-order valence-corrected chi connectivity index (χ0v) is 14.4. The smallest absolute Gasteiger partial charge is 0.222 e. The van der Waals surface area contributed by atoms with Gasteiger partial charge in [-0.25, -0.2) is 4.98 Å². The summed E-state index contributed by atoms with van der Waals surface area (Å²) in [4.78, 5) is 7.91. The van der Waals surface area contributed by atoms with Crippen molar-refractivity contribution in [2.24, 2.45) is 0 Å². The third-order valence-corrected chi connectivity index (χ3v) is 3.33. The standard InChI is InChI=1S/C16H18ClN5O2/c1-4-23-12-5-9(11(17)6-13(12)24-8(2)3)14-10(7-18)15(19)22-16(20)21-14/h5-6,8H,4H2,1-3H3,(H4,19,20,21,22). The van der Waals surface area contributed by atoms with Gasteiger partial charge in [-0.05, 0) is 26.8 Å². The molecule has 1 aromatic heterocycles. The van der Waals surface area contributed by atoms with Crippen LogP contribution in [0.15, 0.2) is 12.1 Å². The second-order valence-corrected chi connectivity index (χ2v) is 5.59. The number of rotatable bonds is 5. The summed E-state index contributed by atoms with van der Waals surface area (Å²) in [5.74, 6) is 0.953. The number of nitrogens with zero attached hydrogens (tertiary/aromatic N) is 3. The number of ether oxygens (including phenoxy) is 2. The molecular formula is C16H18ClN5O2. The lowest BCUT2D eigenvalue weighted by Gasteiger charge is -2.17. The molecular weight excluding hydrogens is 330 g/mol. The van der Waals surface area contributed by atoms with Crippen LogP contribution in [0.5, 0.6) is 11.5 Å². The highest BCUT2D eigenvalue weighted by Gasteiger charge is 2.19. The third-order valence-electron chi connectivity index (χ3n) is 3.02. The van der Waals surface area contributed by atoms with E-state index in [1.165, 1.54) is 0 Å². The number of hydrogen-bond donors (Lipinski definition) is 2. The molecule has 0 aliphatic heterocycles. The number of aromatic nitrogens is 2. The van der Waals surface area contributed by atoms with Crippen LogP contribution >= 0.6 is 11.6 Å². The van der Waals surface area contributed by atoms with Crippen LogP contribution in [0.25, 0.3) is 11.3 Å². The molecule has 24 heavy (non-hydrogen) atoms. The van der Waals surface area contributed by atoms with Crippen molar-refractivity contribution in [3.05, 3.63) is 22.7 Å². The molecule has 0 amide bonds. The first-order chi connectivity index (χ1) is 11.4. The molecule has 0 radical (unpaired) electrons. The molecule has 0 aliphatic carbocycles. The van der Waals surface area contributed by atoms with Crippen molar-refractivity contribution < 1.29 is 9.47 Å². The fourth-order valence-electron chi connectivity index (χ4n) is 2.13. The minimum absolute atomic E-state index is 0.00321. The monoisotopic (exact) mass is 347 g/mol. The van der Waals surface area contributed by atoms with Crippen molar-refractivity contribution in [1.29, 1.82) is 5.26 Å². The average Bonchev–Trinajstić information content (AvgIpc) is 2.48. The summed E-state index contributed by atoms with van der Waals surface area (Å²) in [5.41, 5.74) is 12.2. The Labute approximate surface area is 145 Å². The second kappa shape index (κ2) is 7.23. The molecule has 0 saturated heterocycles. The van der Waals surface area contributed by atoms with Gasteiger partial charge in [0, 0.05) is 11.6 Å². The number of nitriles is 1. The van der Waals surface area contributed by atoms with Gasteiger partial charge in [-0.1, -0.05) is 11.6 Å². The Morgan fingerprint density at radius 3 is 2.54 bits per heavy atom. The van der Waals surface area contributed by atoms with Crippen molar-refractivity contribution in [3.8, 4) is 28.8 Å². The minimum atomic E-state index is -0.0499. The first-order valence-corrected chi connectivity index (χ1v) is 7.71. The maximum atomic E-state index is 9.34. The first kappa shape index (κ1) is 17.6. The molecule has 126 valence electrons. The summed E-state index contributed by atoms with van der Waals surface area (Å²) in [6, 6.07) is 5.26. The van der Waals surface area contributed by atoms with Gasteiger partial charge in [-0.2, -0.15) is 10.2 Å². The quantitative estimate of drug-likeness (QED) is 0.852. The summed E-state index contributed by atoms with van der Waals surface area (Å²) in [6.07, 6.45) is -0.0499. The van der Waals surface area contributed by atoms with Gasteiger partial charge in [0.15, 0.2) is 11.5 Å². The van der Waals surface area contributed by atoms with E-state index in [4.69, 9.17) is 32.5 Å². The van der Waals surface area contributed by atoms with Gasteiger partial charge in [-0.15, -0.1) is 0 Å². The molecule has 0 bridgehead atoms. The third kappa shape index (κ3) is 3.60. The van der Waals surface area contributed by atoms with Crippen LogP contribution in [0, 0.1) is 11.3 Å². The summed E-state index contributed by atoms with van der Waals surface area (Å²) in [5, 5.41) is 9.67. The molecule has 1 aromatic carbocycles. The van der Waals surface area contributed by atoms with Crippen LogP contribution in [-0.2, 0) is 0 Å². The molecule has 1 heterocycles. The summed E-state index contributed by atoms with van der Waals surface area (Å²) in [6.45, 7) is 6.10. The number of nitrogen functional groups attached to an aromatic ring is 2. The maximum Gasteiger partial charge on any atom is 0.222 e. The van der Waals surface area contributed by atoms with Crippen LogP contribution in [0.3, 0.4) is 0 Å². The maximum absolute atomic E-state index is 9.34. The summed E-state index contributed by atoms with van der Waals surface area (Å²) < 4.78 is 11.3. The molecule has 0 atom stereocenters. The summed E-state index contributed by atoms with van der Waals surface area (Å²) >= 11 is 6.37. The van der Waals surface area contributed by atoms with Crippen molar-refractivity contribution >= 4 is 23.4 Å². The van der Waals surface area contributed by atoms with Crippen molar-refractivity contribution in [1.82, 2.24) is 9.97 Å². The molecule has 4 N–H and O–H groups in total. The molecule has 0 saturated carbocycles. The van der Waals surface area contributed by atoms with Crippen molar-refractivity contribution in [2.45, 2.75) is 26.9 Å². The van der Waals surface area contributed by atoms with Gasteiger partial charge in [0.05, 0.1) is 23.4 Å². The Hall–Kier alpha value is -2.72. The van der Waals surface area contributed by atoms with E-state index in [0.717, 1.165) is 0 Å². The SMILES string of the molecule is CCOc1cc(-c2nc(N)nc(N)c2C#N)c(Cl)cc1OC(C)C. The normalized spacial score (nSPS) is 10.5. The van der Waals surface area contributed by atoms with Crippen LogP contribution < -0.4 is 20.9 Å². The highest BCUT2D eigenvalue weighted by atomic mass is 35.5. The number of anilines is 2. The predicted octanol–water partition coefficient (Wildman–Crippen LogP) is 3.02. The van der Waals surface area contributed by atoms with E-state index in [1.54, 1.807) is 12.1 Å². The van der Waals surface area contributed by atoms with Gasteiger partial charge in [0.25, 0.3) is 0 Å². The lowest BCUT2D eigenvalue weighted by atomic mass is 10.1. The van der Waals surface area contributed by atoms with Crippen molar-refractivity contribution in [3.63, 3.8) is 0 Å². The lowest BCUT2D eigenvalue weighted by molar-refractivity contribution is 0.224. The molecule has 0 unspecified atom stereocenters. The number of hydrogen-bond acceptors (Lipinski definition) is 7. The fourth-order valence-corrected chi connectivity index (χ4v) is 2.38. The van der Waals surface area contributed by atoms with E-state index >= 15 is 0 Å². The Kier molecular flexibility index (Phi) is 5.31. The number of nitrogens with two attached hydrogens (primary N) is 2. The highest BCUT2D eigenvalue weighted by Crippen LogP contribution is 2.40. The molecule has 2 aromatic rings. The average molecular weight is 348 g/mol. The molecule has 0 aliphatic rings. The van der Waals surface area contributed by atoms with E-state index in [1.807, 2.05) is 26.8 Å². The van der Waals surface area contributed by atoms with Gasteiger partial charge < -0.3 is 20.9 Å². The van der Waals surface area contributed by atoms with E-state index in [9.17, 15) is 5.26 Å². The number of benzene rings is 1. The molecule has 0 fully saturated rings. The Morgan fingerprint density at radius 2 is 1.96 bits per heavy atom. The zero-order chi connectivity index (χ0) is 17.9. The molecule has 8 heteroatoms. The highest BCUT2D eigenvalue weighted by molar-refractivity contribution is 6.33. The molecule has 2 rings (SSSR count). The number of halogens is 1. The first-order valence-electron chi connectivity index (χ1n) is 7.33. The van der Waals surface area contributed by atoms with Crippen molar-refractivity contribution in [2.75, 3.05) is 18.1 Å². The van der Waals surface area contributed by atoms with Gasteiger partial charge >= 0.3 is 0 Å². The van der Waals surface area contributed by atoms with E-state index in [2.05, 4.69) is 9.97 Å². The van der Waals surface area contributed by atoms with Crippen LogP contribution in [0.1, 0.15) is 26.3 Å². The van der Waals surface area contributed by atoms with Crippen LogP contribution in [0.4, 0.5) is 11.8 Å².